The normalized spacial score (nSPS) is 11.7. The highest BCUT2D eigenvalue weighted by molar-refractivity contribution is 5.90. The van der Waals surface area contributed by atoms with Crippen molar-refractivity contribution < 1.29 is 23.7 Å². The second-order valence-electron chi connectivity index (χ2n) is 7.10. The van der Waals surface area contributed by atoms with Crippen molar-refractivity contribution in [2.24, 2.45) is 0 Å². The number of hydrogen-bond donors (Lipinski definition) is 0. The summed E-state index contributed by atoms with van der Waals surface area (Å²) in [6.45, 7) is 1.75. The van der Waals surface area contributed by atoms with Crippen LogP contribution in [0.2, 0.25) is 0 Å². The maximum atomic E-state index is 12.1. The van der Waals surface area contributed by atoms with Gasteiger partial charge in [0.25, 0.3) is 5.91 Å². The van der Waals surface area contributed by atoms with Gasteiger partial charge in [0, 0.05) is 19.7 Å². The molecule has 3 rings (SSSR count). The van der Waals surface area contributed by atoms with Crippen molar-refractivity contribution in [3.05, 3.63) is 48.5 Å². The average molecular weight is 409 g/mol. The fourth-order valence-electron chi connectivity index (χ4n) is 3.41. The predicted octanol–water partition coefficient (Wildman–Crippen LogP) is 4.39. The highest BCUT2D eigenvalue weighted by Gasteiger charge is 2.18. The number of benzene rings is 3. The molecule has 3 aromatic rings. The maximum absolute atomic E-state index is 12.1. The Morgan fingerprint density at radius 2 is 1.53 bits per heavy atom. The number of ether oxygens (including phenoxy) is 4. The van der Waals surface area contributed by atoms with Crippen molar-refractivity contribution in [2.45, 2.75) is 13.0 Å². The van der Waals surface area contributed by atoms with Crippen LogP contribution in [0.1, 0.15) is 6.92 Å². The van der Waals surface area contributed by atoms with Gasteiger partial charge in [0.15, 0.2) is 17.6 Å². The van der Waals surface area contributed by atoms with E-state index in [1.807, 2.05) is 42.5 Å². The molecule has 0 saturated heterocycles. The summed E-state index contributed by atoms with van der Waals surface area (Å²) >= 11 is 0. The lowest BCUT2D eigenvalue weighted by Gasteiger charge is -2.19. The first-order chi connectivity index (χ1) is 14.4. The van der Waals surface area contributed by atoms with Crippen molar-refractivity contribution in [2.75, 3.05) is 35.4 Å². The molecule has 158 valence electrons. The molecule has 0 aliphatic carbocycles. The van der Waals surface area contributed by atoms with Crippen LogP contribution >= 0.6 is 0 Å². The number of fused-ring (bicyclic) bond motifs is 1. The first-order valence-electron chi connectivity index (χ1n) is 9.60. The lowest BCUT2D eigenvalue weighted by molar-refractivity contribution is -0.135. The minimum Gasteiger partial charge on any atom is -0.493 e. The largest absolute Gasteiger partial charge is 0.493 e. The van der Waals surface area contributed by atoms with E-state index < -0.39 is 6.10 Å². The molecule has 1 amide bonds. The molecule has 0 radical (unpaired) electrons. The van der Waals surface area contributed by atoms with Crippen LogP contribution in [0.5, 0.6) is 23.0 Å². The summed E-state index contributed by atoms with van der Waals surface area (Å²) in [6.07, 6.45) is -0.563. The minimum absolute atomic E-state index is 0.0843. The predicted molar refractivity (Wildman–Crippen MR) is 118 cm³/mol. The molecular formula is C24H27NO5. The second-order valence-corrected chi connectivity index (χ2v) is 7.10. The topological polar surface area (TPSA) is 57.2 Å². The number of carbonyl (C=O) groups is 1. The summed E-state index contributed by atoms with van der Waals surface area (Å²) in [4.78, 5) is 13.6. The highest BCUT2D eigenvalue weighted by atomic mass is 16.5. The van der Waals surface area contributed by atoms with Gasteiger partial charge in [-0.2, -0.15) is 0 Å². The molecule has 0 bridgehead atoms. The van der Waals surface area contributed by atoms with Crippen LogP contribution in [-0.4, -0.2) is 52.3 Å². The number of rotatable bonds is 7. The molecule has 0 fully saturated rings. The van der Waals surface area contributed by atoms with Crippen molar-refractivity contribution in [1.82, 2.24) is 4.90 Å². The number of hydrogen-bond acceptors (Lipinski definition) is 5. The molecule has 3 aromatic carbocycles. The molecule has 0 spiro atoms. The van der Waals surface area contributed by atoms with Gasteiger partial charge in [0.05, 0.1) is 21.3 Å². The summed E-state index contributed by atoms with van der Waals surface area (Å²) in [6, 6.07) is 15.7. The molecule has 0 saturated carbocycles. The molecule has 30 heavy (non-hydrogen) atoms. The van der Waals surface area contributed by atoms with Gasteiger partial charge in [0.2, 0.25) is 5.75 Å². The van der Waals surface area contributed by atoms with E-state index in [-0.39, 0.29) is 5.91 Å². The van der Waals surface area contributed by atoms with Crippen LogP contribution in [0, 0.1) is 0 Å². The lowest BCUT2D eigenvalue weighted by Crippen LogP contribution is -2.35. The Morgan fingerprint density at radius 3 is 2.17 bits per heavy atom. The number of methoxy groups -OCH3 is 3. The van der Waals surface area contributed by atoms with Gasteiger partial charge in [-0.3, -0.25) is 4.79 Å². The maximum Gasteiger partial charge on any atom is 0.262 e. The lowest BCUT2D eigenvalue weighted by atomic mass is 9.99. The van der Waals surface area contributed by atoms with Gasteiger partial charge in [-0.15, -0.1) is 0 Å². The first kappa shape index (κ1) is 21.3. The summed E-state index contributed by atoms with van der Waals surface area (Å²) in [5, 5.41) is 2.06. The van der Waals surface area contributed by atoms with Gasteiger partial charge in [0.1, 0.15) is 5.75 Å². The van der Waals surface area contributed by atoms with E-state index in [4.69, 9.17) is 18.9 Å². The Morgan fingerprint density at radius 1 is 0.833 bits per heavy atom. The zero-order valence-electron chi connectivity index (χ0n) is 18.2. The molecule has 6 heteroatoms. The monoisotopic (exact) mass is 409 g/mol. The molecule has 1 unspecified atom stereocenters. The molecule has 0 N–H and O–H groups in total. The number of likely N-dealkylation sites (N-methyl/N-ethyl adjacent to an activating group) is 1. The third kappa shape index (κ3) is 4.13. The molecule has 0 aliphatic rings. The van der Waals surface area contributed by atoms with E-state index in [1.165, 1.54) is 4.90 Å². The van der Waals surface area contributed by atoms with E-state index in [1.54, 1.807) is 42.3 Å². The molecular weight excluding hydrogens is 382 g/mol. The van der Waals surface area contributed by atoms with E-state index in [0.29, 0.717) is 23.0 Å². The minimum atomic E-state index is -0.563. The van der Waals surface area contributed by atoms with Gasteiger partial charge < -0.3 is 23.8 Å². The van der Waals surface area contributed by atoms with Crippen LogP contribution in [-0.2, 0) is 4.79 Å². The Kier molecular flexibility index (Phi) is 6.35. The fourth-order valence-corrected chi connectivity index (χ4v) is 3.41. The van der Waals surface area contributed by atoms with Crippen LogP contribution < -0.4 is 18.9 Å². The molecule has 0 heterocycles. The van der Waals surface area contributed by atoms with Gasteiger partial charge >= 0.3 is 0 Å². The van der Waals surface area contributed by atoms with E-state index in [0.717, 1.165) is 21.9 Å². The Balaban J connectivity index is 2.02. The Bertz CT molecular complexity index is 1060. The summed E-state index contributed by atoms with van der Waals surface area (Å²) in [5.41, 5.74) is 1.86. The Labute approximate surface area is 176 Å². The third-order valence-electron chi connectivity index (χ3n) is 4.93. The average Bonchev–Trinajstić information content (AvgIpc) is 2.76. The van der Waals surface area contributed by atoms with Crippen molar-refractivity contribution in [3.8, 4) is 34.1 Å². The highest BCUT2D eigenvalue weighted by Crippen LogP contribution is 2.44. The Hall–Kier alpha value is -3.41. The summed E-state index contributed by atoms with van der Waals surface area (Å²) < 4.78 is 22.4. The number of nitrogens with zero attached hydrogens (tertiary/aromatic N) is 1. The zero-order chi connectivity index (χ0) is 21.8. The van der Waals surface area contributed by atoms with Gasteiger partial charge in [-0.25, -0.2) is 0 Å². The summed E-state index contributed by atoms with van der Waals surface area (Å²) in [7, 11) is 8.22. The van der Waals surface area contributed by atoms with Crippen LogP contribution in [0.15, 0.2) is 48.5 Å². The smallest absolute Gasteiger partial charge is 0.262 e. The van der Waals surface area contributed by atoms with Crippen molar-refractivity contribution in [1.29, 1.82) is 0 Å². The van der Waals surface area contributed by atoms with E-state index >= 15 is 0 Å². The quantitative estimate of drug-likeness (QED) is 0.579. The van der Waals surface area contributed by atoms with Crippen LogP contribution in [0.3, 0.4) is 0 Å². The van der Waals surface area contributed by atoms with E-state index in [2.05, 4.69) is 6.07 Å². The summed E-state index contributed by atoms with van der Waals surface area (Å²) in [5.74, 6) is 2.31. The fraction of sp³-hybridized carbons (Fsp3) is 0.292. The van der Waals surface area contributed by atoms with Gasteiger partial charge in [-0.1, -0.05) is 18.2 Å². The van der Waals surface area contributed by atoms with Crippen molar-refractivity contribution in [3.63, 3.8) is 0 Å². The molecule has 0 aromatic heterocycles. The first-order valence-corrected chi connectivity index (χ1v) is 9.60. The van der Waals surface area contributed by atoms with Crippen LogP contribution in [0.25, 0.3) is 21.9 Å². The van der Waals surface area contributed by atoms with Gasteiger partial charge in [-0.05, 0) is 53.6 Å². The van der Waals surface area contributed by atoms with E-state index in [9.17, 15) is 4.79 Å². The number of amides is 1. The van der Waals surface area contributed by atoms with Crippen LogP contribution in [0.4, 0.5) is 0 Å². The zero-order valence-corrected chi connectivity index (χ0v) is 18.2. The molecule has 1 atom stereocenters. The second kappa shape index (κ2) is 8.95. The molecule has 6 nitrogen and oxygen atoms in total. The third-order valence-corrected chi connectivity index (χ3v) is 4.93. The van der Waals surface area contributed by atoms with Crippen molar-refractivity contribution >= 4 is 16.7 Å². The number of carbonyl (C=O) groups excluding carboxylic acids is 1. The standard InChI is InChI=1S/C24H27NO5/c1-15(24(26)25(2)3)30-19-10-9-16-7-8-17(13-18(16)14-19)20-11-12-21(27-4)23(29-6)22(20)28-5/h7-15H,1-6H3. The molecule has 0 aliphatic heterocycles. The SMILES string of the molecule is COc1ccc(-c2ccc3ccc(OC(C)C(=O)N(C)C)cc3c2)c(OC)c1OC.